The molecule has 0 unspecified atom stereocenters. The predicted octanol–water partition coefficient (Wildman–Crippen LogP) is 2.77. The van der Waals surface area contributed by atoms with Crippen LogP contribution in [0.15, 0.2) is 42.0 Å². The fourth-order valence-corrected chi connectivity index (χ4v) is 2.20. The standard InChI is InChI=1S/C11H8N2OS/c14-9-3-1-8(2-4-9)10-7-13-5-6-15-11(13)12-10/h1-7,14H. The summed E-state index contributed by atoms with van der Waals surface area (Å²) >= 11 is 1.61. The highest BCUT2D eigenvalue weighted by Crippen LogP contribution is 2.22. The van der Waals surface area contributed by atoms with Crippen LogP contribution in [0.3, 0.4) is 0 Å². The Labute approximate surface area is 90.3 Å². The van der Waals surface area contributed by atoms with Gasteiger partial charge in [0.25, 0.3) is 0 Å². The average Bonchev–Trinajstić information content (AvgIpc) is 2.78. The smallest absolute Gasteiger partial charge is 0.194 e. The summed E-state index contributed by atoms with van der Waals surface area (Å²) in [6, 6.07) is 7.06. The molecule has 1 N–H and O–H groups in total. The van der Waals surface area contributed by atoms with Crippen LogP contribution in [-0.2, 0) is 0 Å². The Morgan fingerprint density at radius 1 is 1.20 bits per heavy atom. The zero-order chi connectivity index (χ0) is 10.3. The van der Waals surface area contributed by atoms with Crippen LogP contribution in [-0.4, -0.2) is 14.5 Å². The molecule has 3 aromatic rings. The van der Waals surface area contributed by atoms with E-state index in [0.717, 1.165) is 16.2 Å². The number of aromatic nitrogens is 2. The maximum absolute atomic E-state index is 9.18. The SMILES string of the molecule is Oc1ccc(-c2cn3ccsc3n2)cc1. The van der Waals surface area contributed by atoms with Gasteiger partial charge in [0.1, 0.15) is 5.75 Å². The highest BCUT2D eigenvalue weighted by molar-refractivity contribution is 7.15. The molecule has 2 aromatic heterocycles. The molecule has 0 bridgehead atoms. The molecule has 0 radical (unpaired) electrons. The molecule has 3 rings (SSSR count). The molecule has 15 heavy (non-hydrogen) atoms. The van der Waals surface area contributed by atoms with E-state index >= 15 is 0 Å². The van der Waals surface area contributed by atoms with Crippen molar-refractivity contribution in [3.8, 4) is 17.0 Å². The highest BCUT2D eigenvalue weighted by atomic mass is 32.1. The Balaban J connectivity index is 2.13. The zero-order valence-electron chi connectivity index (χ0n) is 7.79. The minimum Gasteiger partial charge on any atom is -0.508 e. The molecule has 74 valence electrons. The summed E-state index contributed by atoms with van der Waals surface area (Å²) in [5.74, 6) is 0.278. The summed E-state index contributed by atoms with van der Waals surface area (Å²) in [6.45, 7) is 0. The van der Waals surface area contributed by atoms with Gasteiger partial charge in [0, 0.05) is 23.3 Å². The number of rotatable bonds is 1. The van der Waals surface area contributed by atoms with Crippen LogP contribution in [0.2, 0.25) is 0 Å². The lowest BCUT2D eigenvalue weighted by atomic mass is 10.2. The number of phenols is 1. The van der Waals surface area contributed by atoms with Crippen LogP contribution in [0.5, 0.6) is 5.75 Å². The van der Waals surface area contributed by atoms with E-state index in [1.807, 2.05) is 34.3 Å². The average molecular weight is 216 g/mol. The number of benzene rings is 1. The topological polar surface area (TPSA) is 37.5 Å². The molecule has 0 saturated heterocycles. The molecule has 0 aliphatic rings. The Morgan fingerprint density at radius 2 is 2.00 bits per heavy atom. The number of thiazole rings is 1. The molecule has 4 heteroatoms. The number of phenolic OH excluding ortho intramolecular Hbond substituents is 1. The van der Waals surface area contributed by atoms with Gasteiger partial charge in [0.15, 0.2) is 4.96 Å². The van der Waals surface area contributed by atoms with Crippen molar-refractivity contribution in [2.45, 2.75) is 0 Å². The Kier molecular flexibility index (Phi) is 1.76. The van der Waals surface area contributed by atoms with Crippen molar-refractivity contribution in [1.29, 1.82) is 0 Å². The van der Waals surface area contributed by atoms with Gasteiger partial charge in [-0.05, 0) is 24.3 Å². The van der Waals surface area contributed by atoms with Crippen LogP contribution in [0.4, 0.5) is 0 Å². The monoisotopic (exact) mass is 216 g/mol. The normalized spacial score (nSPS) is 10.9. The van der Waals surface area contributed by atoms with Crippen molar-refractivity contribution < 1.29 is 5.11 Å². The molecular weight excluding hydrogens is 208 g/mol. The third-order valence-corrected chi connectivity index (χ3v) is 3.03. The lowest BCUT2D eigenvalue weighted by molar-refractivity contribution is 0.475. The van der Waals surface area contributed by atoms with Gasteiger partial charge >= 0.3 is 0 Å². The maximum Gasteiger partial charge on any atom is 0.194 e. The van der Waals surface area contributed by atoms with Crippen molar-refractivity contribution in [1.82, 2.24) is 9.38 Å². The van der Waals surface area contributed by atoms with Crippen LogP contribution in [0.1, 0.15) is 0 Å². The van der Waals surface area contributed by atoms with E-state index in [0.29, 0.717) is 0 Å². The van der Waals surface area contributed by atoms with Crippen LogP contribution in [0, 0.1) is 0 Å². The summed E-state index contributed by atoms with van der Waals surface area (Å²) < 4.78 is 1.99. The summed E-state index contributed by atoms with van der Waals surface area (Å²) in [7, 11) is 0. The van der Waals surface area contributed by atoms with Gasteiger partial charge in [-0.2, -0.15) is 0 Å². The summed E-state index contributed by atoms with van der Waals surface area (Å²) in [5.41, 5.74) is 1.95. The second kappa shape index (κ2) is 3.10. The van der Waals surface area contributed by atoms with Gasteiger partial charge in [-0.3, -0.25) is 4.40 Å². The lowest BCUT2D eigenvalue weighted by Gasteiger charge is -1.95. The van der Waals surface area contributed by atoms with E-state index in [4.69, 9.17) is 0 Å². The number of hydrogen-bond donors (Lipinski definition) is 1. The minimum absolute atomic E-state index is 0.278. The molecule has 1 aromatic carbocycles. The lowest BCUT2D eigenvalue weighted by Crippen LogP contribution is -1.75. The predicted molar refractivity (Wildman–Crippen MR) is 60.2 cm³/mol. The number of aromatic hydroxyl groups is 1. The molecule has 3 nitrogen and oxygen atoms in total. The van der Waals surface area contributed by atoms with Crippen molar-refractivity contribution in [3.63, 3.8) is 0 Å². The Hall–Kier alpha value is -1.81. The molecule has 2 heterocycles. The maximum atomic E-state index is 9.18. The minimum atomic E-state index is 0.278. The zero-order valence-corrected chi connectivity index (χ0v) is 8.61. The first-order chi connectivity index (χ1) is 7.33. The van der Waals surface area contributed by atoms with Gasteiger partial charge in [0.2, 0.25) is 0 Å². The molecule has 0 aliphatic heterocycles. The van der Waals surface area contributed by atoms with E-state index in [1.165, 1.54) is 0 Å². The van der Waals surface area contributed by atoms with Crippen molar-refractivity contribution >= 4 is 16.3 Å². The fraction of sp³-hybridized carbons (Fsp3) is 0. The molecular formula is C11H8N2OS. The first kappa shape index (κ1) is 8.49. The summed E-state index contributed by atoms with van der Waals surface area (Å²) in [6.07, 6.45) is 3.97. The van der Waals surface area contributed by atoms with Crippen LogP contribution in [0.25, 0.3) is 16.2 Å². The number of hydrogen-bond acceptors (Lipinski definition) is 3. The van der Waals surface area contributed by atoms with Crippen molar-refractivity contribution in [3.05, 3.63) is 42.0 Å². The molecule has 0 amide bonds. The van der Waals surface area contributed by atoms with Gasteiger partial charge in [-0.25, -0.2) is 4.98 Å². The molecule has 0 saturated carbocycles. The summed E-state index contributed by atoms with van der Waals surface area (Å²) in [4.78, 5) is 5.46. The molecule has 0 spiro atoms. The first-order valence-corrected chi connectivity index (χ1v) is 5.42. The van der Waals surface area contributed by atoms with Crippen LogP contribution >= 0.6 is 11.3 Å². The second-order valence-corrected chi connectivity index (χ2v) is 4.14. The number of nitrogens with zero attached hydrogens (tertiary/aromatic N) is 2. The van der Waals surface area contributed by atoms with E-state index < -0.39 is 0 Å². The Morgan fingerprint density at radius 3 is 2.73 bits per heavy atom. The van der Waals surface area contributed by atoms with E-state index in [9.17, 15) is 5.11 Å². The Bertz CT molecular complexity index is 566. The highest BCUT2D eigenvalue weighted by Gasteiger charge is 2.04. The van der Waals surface area contributed by atoms with Crippen molar-refractivity contribution in [2.75, 3.05) is 0 Å². The molecule has 0 aliphatic carbocycles. The molecule has 0 fully saturated rings. The van der Waals surface area contributed by atoms with Gasteiger partial charge < -0.3 is 5.11 Å². The largest absolute Gasteiger partial charge is 0.508 e. The second-order valence-electron chi connectivity index (χ2n) is 3.27. The van der Waals surface area contributed by atoms with E-state index in [2.05, 4.69) is 4.98 Å². The number of fused-ring (bicyclic) bond motifs is 1. The summed E-state index contributed by atoms with van der Waals surface area (Å²) in [5, 5.41) is 11.2. The van der Waals surface area contributed by atoms with E-state index in [1.54, 1.807) is 23.5 Å². The van der Waals surface area contributed by atoms with Crippen molar-refractivity contribution in [2.24, 2.45) is 0 Å². The quantitative estimate of drug-likeness (QED) is 0.679. The van der Waals surface area contributed by atoms with E-state index in [-0.39, 0.29) is 5.75 Å². The van der Waals surface area contributed by atoms with Gasteiger partial charge in [-0.15, -0.1) is 11.3 Å². The third kappa shape index (κ3) is 1.39. The fourth-order valence-electron chi connectivity index (χ4n) is 1.50. The molecule has 0 atom stereocenters. The first-order valence-electron chi connectivity index (χ1n) is 4.54. The van der Waals surface area contributed by atoms with Crippen LogP contribution < -0.4 is 0 Å². The third-order valence-electron chi connectivity index (χ3n) is 2.26. The number of imidazole rings is 1. The van der Waals surface area contributed by atoms with Gasteiger partial charge in [-0.1, -0.05) is 0 Å². The van der Waals surface area contributed by atoms with Gasteiger partial charge in [0.05, 0.1) is 5.69 Å².